The van der Waals surface area contributed by atoms with Crippen molar-refractivity contribution in [1.29, 1.82) is 0 Å². The molecule has 1 unspecified atom stereocenters. The van der Waals surface area contributed by atoms with Gasteiger partial charge in [0.1, 0.15) is 11.6 Å². The van der Waals surface area contributed by atoms with Gasteiger partial charge in [-0.2, -0.15) is 0 Å². The predicted octanol–water partition coefficient (Wildman–Crippen LogP) is 3.04. The Morgan fingerprint density at radius 2 is 2.10 bits per heavy atom. The molecule has 0 aliphatic rings. The lowest BCUT2D eigenvalue weighted by Gasteiger charge is -2.23. The minimum Gasteiger partial charge on any atom is -0.480 e. The first kappa shape index (κ1) is 19.8. The highest BCUT2D eigenvalue weighted by atomic mass is 33.1. The molecule has 0 aromatic carbocycles. The molecule has 0 aliphatic carbocycles. The molecule has 0 bridgehead atoms. The van der Waals surface area contributed by atoms with Gasteiger partial charge in [-0.3, -0.25) is 0 Å². The van der Waals surface area contributed by atoms with Crippen molar-refractivity contribution in [3.05, 3.63) is 10.4 Å². The van der Waals surface area contributed by atoms with Crippen LogP contribution in [-0.2, 0) is 9.53 Å². The summed E-state index contributed by atoms with van der Waals surface area (Å²) < 4.78 is 5.03. The van der Waals surface area contributed by atoms with Crippen LogP contribution in [0.5, 0.6) is 0 Å². The third-order valence-corrected chi connectivity index (χ3v) is 4.27. The summed E-state index contributed by atoms with van der Waals surface area (Å²) in [7, 11) is 2.84. The zero-order valence-corrected chi connectivity index (χ0v) is 14.0. The average Bonchev–Trinajstić information content (AvgIpc) is 2.32. The Bertz CT molecular complexity index is 408. The Morgan fingerprint density at radius 3 is 2.52 bits per heavy atom. The molecule has 10 heteroatoms. The summed E-state index contributed by atoms with van der Waals surface area (Å²) in [6.45, 7) is 5.23. The lowest BCUT2D eigenvalue weighted by atomic mass is 10.1. The monoisotopic (exact) mass is 336 g/mol. The van der Waals surface area contributed by atoms with Crippen molar-refractivity contribution in [3.8, 4) is 0 Å². The molecule has 0 aromatic rings. The van der Waals surface area contributed by atoms with E-state index in [1.54, 1.807) is 20.8 Å². The topological polar surface area (TPSA) is 124 Å². The van der Waals surface area contributed by atoms with Crippen molar-refractivity contribution in [2.75, 3.05) is 12.8 Å². The number of nitrogens with one attached hydrogen (secondary N) is 1. The maximum absolute atomic E-state index is 11.6. The van der Waals surface area contributed by atoms with E-state index < -0.39 is 23.7 Å². The van der Waals surface area contributed by atoms with Crippen LogP contribution in [-0.4, -0.2) is 46.9 Å². The number of carboxylic acid groups (broad SMARTS) is 1. The average molecular weight is 336 g/mol. The molecular weight excluding hydrogens is 316 g/mol. The second-order valence-electron chi connectivity index (χ2n) is 5.07. The maximum atomic E-state index is 11.6. The fraction of sp³-hybridized carbons (Fsp3) is 0.818. The lowest BCUT2D eigenvalue weighted by Crippen LogP contribution is -2.45. The number of nitrogens with zero attached hydrogens (tertiary/aromatic N) is 3. The van der Waals surface area contributed by atoms with Crippen LogP contribution < -0.4 is 5.32 Å². The molecule has 2 N–H and O–H groups in total. The minimum absolute atomic E-state index is 0.138. The van der Waals surface area contributed by atoms with Crippen molar-refractivity contribution in [1.82, 2.24) is 5.32 Å². The quantitative estimate of drug-likeness (QED) is 0.304. The van der Waals surface area contributed by atoms with Gasteiger partial charge >= 0.3 is 12.1 Å². The van der Waals surface area contributed by atoms with E-state index in [1.165, 1.54) is 21.6 Å². The second-order valence-corrected chi connectivity index (χ2v) is 7.84. The first-order valence-corrected chi connectivity index (χ1v) is 8.74. The number of rotatable bonds is 8. The number of azide groups is 1. The van der Waals surface area contributed by atoms with Crippen LogP contribution in [0.25, 0.3) is 10.4 Å². The standard InChI is InChI=1S/C11H20N4O4S2/c1-11(2,3)19-10(18)14-8(9(16)17)5-7(21-20-4)6-13-15-12/h7-8H,5-6H2,1-4H3,(H,14,18)(H,16,17)/t7?,8-/m0/s1. The number of hydrogen-bond acceptors (Lipinski definition) is 6. The van der Waals surface area contributed by atoms with Gasteiger partial charge in [-0.15, -0.1) is 0 Å². The highest BCUT2D eigenvalue weighted by Gasteiger charge is 2.26. The van der Waals surface area contributed by atoms with Crippen LogP contribution in [0.1, 0.15) is 27.2 Å². The van der Waals surface area contributed by atoms with Gasteiger partial charge in [-0.1, -0.05) is 26.7 Å². The van der Waals surface area contributed by atoms with Crippen molar-refractivity contribution in [2.24, 2.45) is 5.11 Å². The van der Waals surface area contributed by atoms with E-state index in [1.807, 2.05) is 6.26 Å². The van der Waals surface area contributed by atoms with Crippen LogP contribution in [0.15, 0.2) is 5.11 Å². The van der Waals surface area contributed by atoms with Gasteiger partial charge in [0.2, 0.25) is 0 Å². The molecule has 21 heavy (non-hydrogen) atoms. The van der Waals surface area contributed by atoms with Crippen LogP contribution in [0.3, 0.4) is 0 Å². The third kappa shape index (κ3) is 10.2. The van der Waals surface area contributed by atoms with Crippen molar-refractivity contribution in [2.45, 2.75) is 44.1 Å². The number of carbonyl (C=O) groups excluding carboxylic acids is 1. The summed E-state index contributed by atoms with van der Waals surface area (Å²) in [6.07, 6.45) is 1.19. The molecule has 0 aromatic heterocycles. The van der Waals surface area contributed by atoms with Gasteiger partial charge < -0.3 is 15.2 Å². The van der Waals surface area contributed by atoms with E-state index in [4.69, 9.17) is 10.3 Å². The van der Waals surface area contributed by atoms with E-state index in [0.717, 1.165) is 0 Å². The molecule has 0 saturated heterocycles. The Hall–Kier alpha value is -1.25. The first-order valence-electron chi connectivity index (χ1n) is 6.12. The maximum Gasteiger partial charge on any atom is 0.408 e. The Balaban J connectivity index is 4.69. The molecule has 0 saturated carbocycles. The van der Waals surface area contributed by atoms with Gasteiger partial charge in [0, 0.05) is 16.7 Å². The molecule has 1 amide bonds. The van der Waals surface area contributed by atoms with Gasteiger partial charge in [0.25, 0.3) is 0 Å². The summed E-state index contributed by atoms with van der Waals surface area (Å²) in [5.74, 6) is -1.16. The zero-order chi connectivity index (χ0) is 16.5. The predicted molar refractivity (Wildman–Crippen MR) is 84.3 cm³/mol. The summed E-state index contributed by atoms with van der Waals surface area (Å²) in [5.41, 5.74) is 7.63. The number of alkyl carbamates (subject to hydrolysis) is 1. The van der Waals surface area contributed by atoms with Gasteiger partial charge in [0.15, 0.2) is 0 Å². The molecule has 0 fully saturated rings. The largest absolute Gasteiger partial charge is 0.480 e. The van der Waals surface area contributed by atoms with Crippen molar-refractivity contribution < 1.29 is 19.4 Å². The SMILES string of the molecule is CSSC(CN=[N+]=[N-])C[C@H](NC(=O)OC(C)(C)C)C(=O)O. The van der Waals surface area contributed by atoms with Gasteiger partial charge in [0.05, 0.1) is 0 Å². The van der Waals surface area contributed by atoms with Crippen LogP contribution in [0.2, 0.25) is 0 Å². The fourth-order valence-electron chi connectivity index (χ4n) is 1.34. The minimum atomic E-state index is -1.16. The summed E-state index contributed by atoms with van der Waals surface area (Å²) in [4.78, 5) is 25.5. The highest BCUT2D eigenvalue weighted by Crippen LogP contribution is 2.27. The van der Waals surface area contributed by atoms with Crippen LogP contribution >= 0.6 is 21.6 Å². The number of ether oxygens (including phenoxy) is 1. The van der Waals surface area contributed by atoms with E-state index in [2.05, 4.69) is 15.3 Å². The van der Waals surface area contributed by atoms with Crippen LogP contribution in [0, 0.1) is 0 Å². The van der Waals surface area contributed by atoms with Crippen LogP contribution in [0.4, 0.5) is 4.79 Å². The Kier molecular flexibility index (Phi) is 9.07. The van der Waals surface area contributed by atoms with Gasteiger partial charge in [-0.05, 0) is 39.0 Å². The molecule has 0 heterocycles. The van der Waals surface area contributed by atoms with E-state index >= 15 is 0 Å². The lowest BCUT2D eigenvalue weighted by molar-refractivity contribution is -0.139. The molecule has 120 valence electrons. The smallest absolute Gasteiger partial charge is 0.408 e. The summed E-state index contributed by atoms with van der Waals surface area (Å²) in [6, 6.07) is -1.10. The second kappa shape index (κ2) is 9.64. The third-order valence-electron chi connectivity index (χ3n) is 2.07. The molecule has 0 aliphatic heterocycles. The fourth-order valence-corrected chi connectivity index (χ4v) is 3.25. The first-order chi connectivity index (χ1) is 9.69. The summed E-state index contributed by atoms with van der Waals surface area (Å²) in [5, 5.41) is 14.7. The summed E-state index contributed by atoms with van der Waals surface area (Å²) >= 11 is 0. The zero-order valence-electron chi connectivity index (χ0n) is 12.4. The molecule has 0 radical (unpaired) electrons. The Morgan fingerprint density at radius 1 is 1.48 bits per heavy atom. The number of amides is 1. The number of hydrogen-bond donors (Lipinski definition) is 2. The van der Waals surface area contributed by atoms with E-state index in [9.17, 15) is 14.7 Å². The molecule has 0 rings (SSSR count). The highest BCUT2D eigenvalue weighted by molar-refractivity contribution is 8.76. The number of aliphatic carboxylic acids is 1. The Labute approximate surface area is 131 Å². The molecular formula is C11H20N4O4S2. The van der Waals surface area contributed by atoms with Crippen molar-refractivity contribution >= 4 is 33.7 Å². The number of carboxylic acids is 1. The van der Waals surface area contributed by atoms with Gasteiger partial charge in [-0.25, -0.2) is 9.59 Å². The molecule has 2 atom stereocenters. The molecule has 0 spiro atoms. The number of carbonyl (C=O) groups is 2. The normalized spacial score (nSPS) is 13.7. The molecule has 8 nitrogen and oxygen atoms in total. The van der Waals surface area contributed by atoms with Crippen molar-refractivity contribution in [3.63, 3.8) is 0 Å². The van der Waals surface area contributed by atoms with E-state index in [-0.39, 0.29) is 18.2 Å². The van der Waals surface area contributed by atoms with E-state index in [0.29, 0.717) is 0 Å².